The highest BCUT2D eigenvalue weighted by molar-refractivity contribution is 5.58. The summed E-state index contributed by atoms with van der Waals surface area (Å²) in [5.41, 5.74) is 2.38. The van der Waals surface area contributed by atoms with Crippen LogP contribution < -0.4 is 9.64 Å². The van der Waals surface area contributed by atoms with Crippen LogP contribution in [-0.4, -0.2) is 58.4 Å². The molecule has 7 nitrogen and oxygen atoms in total. The van der Waals surface area contributed by atoms with Gasteiger partial charge in [-0.25, -0.2) is 4.68 Å². The maximum Gasteiger partial charge on any atom is 0.168 e. The Balaban J connectivity index is 1.49. The van der Waals surface area contributed by atoms with E-state index in [4.69, 9.17) is 4.74 Å². The number of ether oxygens (including phenoxy) is 1. The van der Waals surface area contributed by atoms with E-state index in [0.717, 1.165) is 57.0 Å². The van der Waals surface area contributed by atoms with Crippen molar-refractivity contribution >= 4 is 5.69 Å². The highest BCUT2D eigenvalue weighted by Crippen LogP contribution is 2.31. The lowest BCUT2D eigenvalue weighted by atomic mass is 10.1. The third-order valence-corrected chi connectivity index (χ3v) is 6.04. The van der Waals surface area contributed by atoms with Crippen LogP contribution in [0.5, 0.6) is 5.75 Å². The van der Waals surface area contributed by atoms with Crippen LogP contribution >= 0.6 is 0 Å². The average Bonchev–Trinajstić information content (AvgIpc) is 3.28. The number of unbranched alkanes of at least 4 members (excludes halogenated alkanes) is 1. The lowest BCUT2D eigenvalue weighted by Crippen LogP contribution is -2.48. The molecule has 0 amide bonds. The second-order valence-corrected chi connectivity index (χ2v) is 8.03. The van der Waals surface area contributed by atoms with Gasteiger partial charge in [0.1, 0.15) is 5.75 Å². The molecule has 2 aromatic carbocycles. The number of hydrogen-bond acceptors (Lipinski definition) is 6. The van der Waals surface area contributed by atoms with Gasteiger partial charge in [0, 0.05) is 26.2 Å². The van der Waals surface area contributed by atoms with Gasteiger partial charge in [-0.2, -0.15) is 0 Å². The maximum atomic E-state index is 5.57. The summed E-state index contributed by atoms with van der Waals surface area (Å²) in [4.78, 5) is 4.97. The third-order valence-electron chi connectivity index (χ3n) is 6.04. The minimum atomic E-state index is 0.235. The number of nitrogens with zero attached hydrogens (tertiary/aromatic N) is 6. The molecule has 0 aliphatic carbocycles. The Morgan fingerprint density at radius 2 is 1.71 bits per heavy atom. The molecule has 4 rings (SSSR count). The zero-order valence-corrected chi connectivity index (χ0v) is 18.5. The maximum absolute atomic E-state index is 5.57. The van der Waals surface area contributed by atoms with Gasteiger partial charge in [-0.05, 0) is 34.5 Å². The summed E-state index contributed by atoms with van der Waals surface area (Å²) in [6.45, 7) is 6.82. The summed E-state index contributed by atoms with van der Waals surface area (Å²) in [5.74, 6) is 1.91. The van der Waals surface area contributed by atoms with Crippen LogP contribution in [0.25, 0.3) is 0 Å². The molecule has 0 unspecified atom stereocenters. The van der Waals surface area contributed by atoms with Gasteiger partial charge < -0.3 is 9.64 Å². The molecule has 0 spiro atoms. The molecule has 2 heterocycles. The van der Waals surface area contributed by atoms with E-state index in [9.17, 15) is 0 Å². The predicted molar refractivity (Wildman–Crippen MR) is 122 cm³/mol. The second kappa shape index (κ2) is 10.4. The molecule has 1 aliphatic heterocycles. The molecular formula is C24H32N6O. The normalized spacial score (nSPS) is 15.7. The zero-order chi connectivity index (χ0) is 21.5. The number of methoxy groups -OCH3 is 1. The molecule has 3 aromatic rings. The molecule has 0 radical (unpaired) electrons. The highest BCUT2D eigenvalue weighted by Gasteiger charge is 2.29. The molecule has 1 aromatic heterocycles. The van der Waals surface area contributed by atoms with Crippen LogP contribution in [0.15, 0.2) is 54.6 Å². The first-order chi connectivity index (χ1) is 15.3. The predicted octanol–water partition coefficient (Wildman–Crippen LogP) is 3.78. The van der Waals surface area contributed by atoms with Gasteiger partial charge in [-0.1, -0.05) is 62.2 Å². The Kier molecular flexibility index (Phi) is 7.14. The van der Waals surface area contributed by atoms with Gasteiger partial charge in [0.15, 0.2) is 5.82 Å². The number of piperazine rings is 1. The van der Waals surface area contributed by atoms with Crippen molar-refractivity contribution in [1.29, 1.82) is 0 Å². The van der Waals surface area contributed by atoms with Crippen molar-refractivity contribution in [1.82, 2.24) is 25.1 Å². The van der Waals surface area contributed by atoms with E-state index in [0.29, 0.717) is 6.54 Å². The van der Waals surface area contributed by atoms with E-state index in [1.807, 2.05) is 22.9 Å². The van der Waals surface area contributed by atoms with E-state index >= 15 is 0 Å². The summed E-state index contributed by atoms with van der Waals surface area (Å²) in [7, 11) is 1.74. The van der Waals surface area contributed by atoms with E-state index in [-0.39, 0.29) is 6.04 Å². The van der Waals surface area contributed by atoms with Crippen molar-refractivity contribution in [2.75, 3.05) is 38.2 Å². The molecule has 0 N–H and O–H groups in total. The van der Waals surface area contributed by atoms with Crippen molar-refractivity contribution in [2.45, 2.75) is 38.8 Å². The van der Waals surface area contributed by atoms with Gasteiger partial charge in [-0.3, -0.25) is 4.90 Å². The lowest BCUT2D eigenvalue weighted by Gasteiger charge is -2.40. The first-order valence-corrected chi connectivity index (χ1v) is 11.2. The average molecular weight is 421 g/mol. The molecule has 1 saturated heterocycles. The summed E-state index contributed by atoms with van der Waals surface area (Å²) >= 11 is 0. The molecule has 1 fully saturated rings. The topological polar surface area (TPSA) is 59.3 Å². The largest absolute Gasteiger partial charge is 0.495 e. The van der Waals surface area contributed by atoms with E-state index in [2.05, 4.69) is 68.6 Å². The van der Waals surface area contributed by atoms with Crippen LogP contribution in [0.2, 0.25) is 0 Å². The first-order valence-electron chi connectivity index (χ1n) is 11.2. The van der Waals surface area contributed by atoms with Gasteiger partial charge in [-0.15, -0.1) is 5.10 Å². The molecule has 1 atom stereocenters. The molecule has 31 heavy (non-hydrogen) atoms. The summed E-state index contributed by atoms with van der Waals surface area (Å²) in [6.07, 6.45) is 3.40. The Bertz CT molecular complexity index is 936. The van der Waals surface area contributed by atoms with Crippen LogP contribution in [0, 0.1) is 0 Å². The monoisotopic (exact) mass is 420 g/mol. The molecule has 0 bridgehead atoms. The van der Waals surface area contributed by atoms with Crippen LogP contribution in [-0.2, 0) is 6.54 Å². The fraction of sp³-hybridized carbons (Fsp3) is 0.458. The summed E-state index contributed by atoms with van der Waals surface area (Å²) in [6, 6.07) is 18.9. The van der Waals surface area contributed by atoms with Gasteiger partial charge in [0.25, 0.3) is 0 Å². The molecular weight excluding hydrogens is 388 g/mol. The van der Waals surface area contributed by atoms with E-state index in [1.165, 1.54) is 11.3 Å². The number of hydrogen-bond donors (Lipinski definition) is 0. The Hall–Kier alpha value is -2.93. The van der Waals surface area contributed by atoms with Gasteiger partial charge in [0.2, 0.25) is 0 Å². The zero-order valence-electron chi connectivity index (χ0n) is 18.5. The quantitative estimate of drug-likeness (QED) is 0.525. The lowest BCUT2D eigenvalue weighted by molar-refractivity contribution is 0.163. The van der Waals surface area contributed by atoms with E-state index in [1.54, 1.807) is 7.11 Å². The second-order valence-electron chi connectivity index (χ2n) is 8.03. The first kappa shape index (κ1) is 21.3. The Morgan fingerprint density at radius 1 is 0.968 bits per heavy atom. The number of para-hydroxylation sites is 2. The smallest absolute Gasteiger partial charge is 0.168 e. The minimum absolute atomic E-state index is 0.235. The number of aromatic nitrogens is 4. The molecule has 164 valence electrons. The van der Waals surface area contributed by atoms with Crippen molar-refractivity contribution < 1.29 is 4.74 Å². The Labute approximate surface area is 184 Å². The highest BCUT2D eigenvalue weighted by atomic mass is 16.5. The summed E-state index contributed by atoms with van der Waals surface area (Å²) < 4.78 is 7.55. The molecule has 7 heteroatoms. The van der Waals surface area contributed by atoms with Crippen molar-refractivity contribution in [3.8, 4) is 5.75 Å². The van der Waals surface area contributed by atoms with Crippen molar-refractivity contribution in [3.05, 3.63) is 66.0 Å². The van der Waals surface area contributed by atoms with Crippen LogP contribution in [0.1, 0.15) is 43.6 Å². The van der Waals surface area contributed by atoms with Crippen molar-refractivity contribution in [2.24, 2.45) is 0 Å². The third kappa shape index (κ3) is 5.05. The fourth-order valence-corrected chi connectivity index (χ4v) is 4.36. The SMILES string of the molecule is CCCC[C@H](c1nnnn1Cc1ccccc1)N1CCN(c2ccccc2OC)CC1. The standard InChI is InChI=1S/C24H32N6O/c1-3-4-12-22(24-25-26-27-30(24)19-20-10-6-5-7-11-20)29-17-15-28(16-18-29)21-13-8-9-14-23(21)31-2/h5-11,13-14,22H,3-4,12,15-19H2,1-2H3/t22-/m1/s1. The Morgan fingerprint density at radius 3 is 2.45 bits per heavy atom. The number of tetrazole rings is 1. The molecule has 0 saturated carbocycles. The summed E-state index contributed by atoms with van der Waals surface area (Å²) in [5, 5.41) is 12.8. The minimum Gasteiger partial charge on any atom is -0.495 e. The fourth-order valence-electron chi connectivity index (χ4n) is 4.36. The number of benzene rings is 2. The number of anilines is 1. The van der Waals surface area contributed by atoms with Crippen LogP contribution in [0.3, 0.4) is 0 Å². The van der Waals surface area contributed by atoms with Crippen molar-refractivity contribution in [3.63, 3.8) is 0 Å². The van der Waals surface area contributed by atoms with Gasteiger partial charge in [0.05, 0.1) is 25.4 Å². The number of rotatable bonds is 9. The van der Waals surface area contributed by atoms with Gasteiger partial charge >= 0.3 is 0 Å². The van der Waals surface area contributed by atoms with E-state index < -0.39 is 0 Å². The molecule has 1 aliphatic rings. The van der Waals surface area contributed by atoms with Crippen LogP contribution in [0.4, 0.5) is 5.69 Å².